The number of aliphatic hydroxyl groups excluding tert-OH is 2. The highest BCUT2D eigenvalue weighted by Crippen LogP contribution is 2.23. The van der Waals surface area contributed by atoms with E-state index in [0.29, 0.717) is 13.0 Å². The van der Waals surface area contributed by atoms with Crippen molar-refractivity contribution in [1.29, 1.82) is 0 Å². The molecular weight excluding hydrogens is 378 g/mol. The van der Waals surface area contributed by atoms with Gasteiger partial charge in [-0.3, -0.25) is 9.80 Å². The molecule has 6 heteroatoms. The number of benzene rings is 2. The summed E-state index contributed by atoms with van der Waals surface area (Å²) in [5, 5.41) is 19.5. The number of piperazine rings is 1. The molecule has 2 fully saturated rings. The fourth-order valence-electron chi connectivity index (χ4n) is 4.49. The molecule has 162 valence electrons. The van der Waals surface area contributed by atoms with Crippen LogP contribution in [0.3, 0.4) is 0 Å². The Kier molecular flexibility index (Phi) is 7.23. The Labute approximate surface area is 179 Å². The zero-order chi connectivity index (χ0) is 20.8. The molecule has 2 aromatic carbocycles. The second-order valence-electron chi connectivity index (χ2n) is 8.26. The number of aliphatic hydroxyl groups is 2. The Balaban J connectivity index is 1.26. The minimum atomic E-state index is -0.297. The number of likely N-dealkylation sites (tertiary alicyclic amines) is 1. The summed E-state index contributed by atoms with van der Waals surface area (Å²) < 4.78 is 5.60. The van der Waals surface area contributed by atoms with Crippen molar-refractivity contribution in [1.82, 2.24) is 9.80 Å². The molecule has 0 aliphatic carbocycles. The van der Waals surface area contributed by atoms with Gasteiger partial charge in [-0.15, -0.1) is 0 Å². The van der Waals surface area contributed by atoms with Crippen molar-refractivity contribution in [3.8, 4) is 5.75 Å². The summed E-state index contributed by atoms with van der Waals surface area (Å²) in [6.07, 6.45) is 0.350. The first-order valence-electron chi connectivity index (χ1n) is 11.0. The minimum absolute atomic E-state index is 0.151. The van der Waals surface area contributed by atoms with Crippen molar-refractivity contribution in [2.24, 2.45) is 0 Å². The van der Waals surface area contributed by atoms with Gasteiger partial charge in [0.15, 0.2) is 0 Å². The van der Waals surface area contributed by atoms with Gasteiger partial charge in [0, 0.05) is 70.6 Å². The van der Waals surface area contributed by atoms with Gasteiger partial charge in [-0.1, -0.05) is 30.3 Å². The van der Waals surface area contributed by atoms with Crippen LogP contribution in [0.4, 0.5) is 5.69 Å². The monoisotopic (exact) mass is 411 g/mol. The Morgan fingerprint density at radius 3 is 2.33 bits per heavy atom. The molecule has 30 heavy (non-hydrogen) atoms. The maximum atomic E-state index is 10.7. The molecule has 6 nitrogen and oxygen atoms in total. The highest BCUT2D eigenvalue weighted by molar-refractivity contribution is 5.46. The number of β-amino-alcohol motifs (C(OH)–C–C–N with tert-alkyl or cyclic N) is 1. The van der Waals surface area contributed by atoms with E-state index in [2.05, 4.69) is 57.2 Å². The molecule has 0 spiro atoms. The fraction of sp³-hybridized carbons (Fsp3) is 0.500. The second kappa shape index (κ2) is 10.3. The summed E-state index contributed by atoms with van der Waals surface area (Å²) in [5.74, 6) is 0.836. The molecule has 0 bridgehead atoms. The number of nitrogens with zero attached hydrogens (tertiary/aromatic N) is 3. The molecule has 2 atom stereocenters. The van der Waals surface area contributed by atoms with Crippen molar-refractivity contribution in [2.75, 3.05) is 57.4 Å². The third-order valence-electron chi connectivity index (χ3n) is 6.14. The van der Waals surface area contributed by atoms with E-state index in [4.69, 9.17) is 9.84 Å². The van der Waals surface area contributed by atoms with Gasteiger partial charge in [0.2, 0.25) is 0 Å². The largest absolute Gasteiger partial charge is 0.494 e. The van der Waals surface area contributed by atoms with E-state index in [1.807, 2.05) is 12.1 Å². The lowest BCUT2D eigenvalue weighted by Crippen LogP contribution is -2.53. The number of hydrogen-bond acceptors (Lipinski definition) is 6. The Hall–Kier alpha value is -2.12. The maximum absolute atomic E-state index is 10.7. The third-order valence-corrected chi connectivity index (χ3v) is 6.14. The number of rotatable bonds is 8. The van der Waals surface area contributed by atoms with Crippen LogP contribution in [0.2, 0.25) is 0 Å². The van der Waals surface area contributed by atoms with Crippen LogP contribution in [0.15, 0.2) is 54.6 Å². The molecule has 2 aliphatic heterocycles. The molecule has 4 rings (SSSR count). The first-order chi connectivity index (χ1) is 14.7. The number of hydrogen-bond donors (Lipinski definition) is 2. The zero-order valence-corrected chi connectivity index (χ0v) is 17.6. The minimum Gasteiger partial charge on any atom is -0.494 e. The highest BCUT2D eigenvalue weighted by atomic mass is 16.5. The number of ether oxygens (including phenoxy) is 1. The molecule has 2 saturated heterocycles. The molecule has 2 N–H and O–H groups in total. The summed E-state index contributed by atoms with van der Waals surface area (Å²) in [7, 11) is 0. The molecule has 2 heterocycles. The molecule has 0 aromatic heterocycles. The summed E-state index contributed by atoms with van der Waals surface area (Å²) in [6, 6.07) is 18.9. The number of para-hydroxylation sites is 1. The standard InChI is InChI=1S/C24H33N3O3/c28-15-4-16-30-22-9-7-20(8-10-22)17-25-18-23(24(29)19-25)27-13-11-26(12-14-27)21-5-2-1-3-6-21/h1-3,5-10,23-24,28-29H,4,11-19H2/t23-,24-/m0/s1. The van der Waals surface area contributed by atoms with E-state index in [9.17, 15) is 5.11 Å². The van der Waals surface area contributed by atoms with Gasteiger partial charge in [-0.05, 0) is 29.8 Å². The summed E-state index contributed by atoms with van der Waals surface area (Å²) >= 11 is 0. The van der Waals surface area contributed by atoms with E-state index in [-0.39, 0.29) is 18.8 Å². The molecule has 0 amide bonds. The lowest BCUT2D eigenvalue weighted by atomic mass is 10.1. The second-order valence-corrected chi connectivity index (χ2v) is 8.26. The van der Waals surface area contributed by atoms with Gasteiger partial charge in [-0.25, -0.2) is 0 Å². The quantitative estimate of drug-likeness (QED) is 0.647. The van der Waals surface area contributed by atoms with Gasteiger partial charge < -0.3 is 19.8 Å². The van der Waals surface area contributed by atoms with Gasteiger partial charge in [-0.2, -0.15) is 0 Å². The van der Waals surface area contributed by atoms with Crippen molar-refractivity contribution < 1.29 is 14.9 Å². The zero-order valence-electron chi connectivity index (χ0n) is 17.6. The molecule has 2 aromatic rings. The molecule has 2 aliphatic rings. The summed E-state index contributed by atoms with van der Waals surface area (Å²) in [6.45, 7) is 7.14. The van der Waals surface area contributed by atoms with E-state index >= 15 is 0 Å². The van der Waals surface area contributed by atoms with Crippen LogP contribution in [-0.4, -0.2) is 84.6 Å². The van der Waals surface area contributed by atoms with Crippen LogP contribution in [0.5, 0.6) is 5.75 Å². The van der Waals surface area contributed by atoms with Crippen LogP contribution in [-0.2, 0) is 6.54 Å². The van der Waals surface area contributed by atoms with Crippen molar-refractivity contribution in [2.45, 2.75) is 25.1 Å². The lowest BCUT2D eigenvalue weighted by molar-refractivity contribution is 0.0791. The highest BCUT2D eigenvalue weighted by Gasteiger charge is 2.36. The van der Waals surface area contributed by atoms with Crippen LogP contribution in [0, 0.1) is 0 Å². The molecule has 0 radical (unpaired) electrons. The smallest absolute Gasteiger partial charge is 0.119 e. The first kappa shape index (κ1) is 21.1. The van der Waals surface area contributed by atoms with Crippen molar-refractivity contribution >= 4 is 5.69 Å². The van der Waals surface area contributed by atoms with Gasteiger partial charge in [0.1, 0.15) is 5.75 Å². The van der Waals surface area contributed by atoms with Crippen molar-refractivity contribution in [3.05, 3.63) is 60.2 Å². The van der Waals surface area contributed by atoms with E-state index in [1.54, 1.807) is 0 Å². The SMILES string of the molecule is OCCCOc1ccc(CN2C[C@H](O)[C@@H](N3CCN(c4ccccc4)CC3)C2)cc1. The van der Waals surface area contributed by atoms with Crippen LogP contribution in [0.25, 0.3) is 0 Å². The first-order valence-corrected chi connectivity index (χ1v) is 11.0. The molecule has 0 unspecified atom stereocenters. The van der Waals surface area contributed by atoms with Gasteiger partial charge in [0.25, 0.3) is 0 Å². The maximum Gasteiger partial charge on any atom is 0.119 e. The van der Waals surface area contributed by atoms with E-state index in [1.165, 1.54) is 11.3 Å². The van der Waals surface area contributed by atoms with Gasteiger partial charge in [0.05, 0.1) is 12.7 Å². The van der Waals surface area contributed by atoms with E-state index < -0.39 is 0 Å². The van der Waals surface area contributed by atoms with Crippen LogP contribution in [0.1, 0.15) is 12.0 Å². The average molecular weight is 412 g/mol. The Morgan fingerprint density at radius 2 is 1.63 bits per heavy atom. The van der Waals surface area contributed by atoms with Crippen LogP contribution < -0.4 is 9.64 Å². The van der Waals surface area contributed by atoms with Crippen LogP contribution >= 0.6 is 0 Å². The van der Waals surface area contributed by atoms with Gasteiger partial charge >= 0.3 is 0 Å². The predicted octanol–water partition coefficient (Wildman–Crippen LogP) is 1.82. The predicted molar refractivity (Wildman–Crippen MR) is 119 cm³/mol. The molecular formula is C24H33N3O3. The Bertz CT molecular complexity index is 763. The average Bonchev–Trinajstić information content (AvgIpc) is 3.16. The fourth-order valence-corrected chi connectivity index (χ4v) is 4.49. The summed E-state index contributed by atoms with van der Waals surface area (Å²) in [4.78, 5) is 7.24. The third kappa shape index (κ3) is 5.32. The number of anilines is 1. The topological polar surface area (TPSA) is 59.4 Å². The lowest BCUT2D eigenvalue weighted by Gasteiger charge is -2.39. The van der Waals surface area contributed by atoms with E-state index in [0.717, 1.165) is 51.6 Å². The van der Waals surface area contributed by atoms with Crippen molar-refractivity contribution in [3.63, 3.8) is 0 Å². The Morgan fingerprint density at radius 1 is 0.900 bits per heavy atom. The molecule has 0 saturated carbocycles. The summed E-state index contributed by atoms with van der Waals surface area (Å²) in [5.41, 5.74) is 2.51. The normalized spacial score (nSPS) is 23.1.